The van der Waals surface area contributed by atoms with Crippen LogP contribution in [0, 0.1) is 35.3 Å². The van der Waals surface area contributed by atoms with Crippen molar-refractivity contribution in [2.45, 2.75) is 114 Å². The Kier molecular flexibility index (Phi) is 15.3. The SMILES string of the molecule is COc1ccc(F)c(C2CCC(COc3cc([C@@H](CC(=O)O)C4CC4)ccn3)CC2)c1.COc1ccc(F)c(C2CCC(COc3cc([C@H](CC(=O)O)C4CC4)ccn3)CC2)c1. The van der Waals surface area contributed by atoms with Gasteiger partial charge in [-0.15, -0.1) is 0 Å². The first-order chi connectivity index (χ1) is 30.1. The molecule has 4 aliphatic carbocycles. The van der Waals surface area contributed by atoms with Gasteiger partial charge in [-0.2, -0.15) is 0 Å². The number of carboxylic acids is 2. The highest BCUT2D eigenvalue weighted by atomic mass is 19.1. The van der Waals surface area contributed by atoms with Gasteiger partial charge in [0.1, 0.15) is 23.1 Å². The van der Waals surface area contributed by atoms with E-state index in [1.54, 1.807) is 38.7 Å². The molecule has 0 radical (unpaired) electrons. The van der Waals surface area contributed by atoms with E-state index >= 15 is 0 Å². The summed E-state index contributed by atoms with van der Waals surface area (Å²) in [5.41, 5.74) is 3.51. The van der Waals surface area contributed by atoms with Crippen molar-refractivity contribution in [1.29, 1.82) is 0 Å². The van der Waals surface area contributed by atoms with Crippen LogP contribution in [0.25, 0.3) is 0 Å². The van der Waals surface area contributed by atoms with E-state index in [-0.39, 0.29) is 48.1 Å². The normalized spacial score (nSPS) is 22.0. The number of rotatable bonds is 18. The van der Waals surface area contributed by atoms with Crippen LogP contribution in [-0.4, -0.2) is 59.6 Å². The maximum atomic E-state index is 14.3. The summed E-state index contributed by atoms with van der Waals surface area (Å²) < 4.78 is 51.0. The van der Waals surface area contributed by atoms with Crippen LogP contribution in [0.3, 0.4) is 0 Å². The summed E-state index contributed by atoms with van der Waals surface area (Å²) in [5.74, 6) is 2.91. The number of aliphatic carboxylic acids is 2. The van der Waals surface area contributed by atoms with E-state index in [1.807, 2.05) is 36.4 Å². The molecule has 0 saturated heterocycles. The first kappa shape index (κ1) is 44.8. The minimum absolute atomic E-state index is 0.0380. The molecule has 2 aromatic carbocycles. The van der Waals surface area contributed by atoms with Gasteiger partial charge in [0.05, 0.1) is 40.3 Å². The number of benzene rings is 2. The van der Waals surface area contributed by atoms with Crippen LogP contribution in [-0.2, 0) is 9.59 Å². The molecule has 4 aliphatic rings. The predicted octanol–water partition coefficient (Wildman–Crippen LogP) is 11.1. The average molecular weight is 855 g/mol. The Balaban J connectivity index is 0.000000186. The van der Waals surface area contributed by atoms with Crippen molar-refractivity contribution in [1.82, 2.24) is 9.97 Å². The van der Waals surface area contributed by atoms with E-state index in [9.17, 15) is 28.6 Å². The second-order valence-electron chi connectivity index (χ2n) is 17.8. The summed E-state index contributed by atoms with van der Waals surface area (Å²) >= 11 is 0. The molecule has 12 heteroatoms. The van der Waals surface area contributed by atoms with Gasteiger partial charge in [0, 0.05) is 24.5 Å². The van der Waals surface area contributed by atoms with E-state index in [2.05, 4.69) is 9.97 Å². The molecule has 2 N–H and O–H groups in total. The molecule has 2 atom stereocenters. The summed E-state index contributed by atoms with van der Waals surface area (Å²) in [6.07, 6.45) is 15.7. The Morgan fingerprint density at radius 2 is 0.968 bits per heavy atom. The van der Waals surface area contributed by atoms with Crippen LogP contribution < -0.4 is 18.9 Å². The average Bonchev–Trinajstić information content (AvgIpc) is 4.23. The first-order valence-corrected chi connectivity index (χ1v) is 22.3. The van der Waals surface area contributed by atoms with Crippen molar-refractivity contribution in [2.24, 2.45) is 23.7 Å². The lowest BCUT2D eigenvalue weighted by molar-refractivity contribution is -0.138. The molecule has 2 heterocycles. The van der Waals surface area contributed by atoms with Crippen LogP contribution in [0.2, 0.25) is 0 Å². The Labute approximate surface area is 363 Å². The van der Waals surface area contributed by atoms with E-state index in [0.29, 0.717) is 60.1 Å². The van der Waals surface area contributed by atoms with Gasteiger partial charge in [-0.3, -0.25) is 9.59 Å². The second-order valence-corrected chi connectivity index (χ2v) is 17.8. The fraction of sp³-hybridized carbons (Fsp3) is 0.520. The van der Waals surface area contributed by atoms with Gasteiger partial charge in [-0.25, -0.2) is 18.7 Å². The van der Waals surface area contributed by atoms with Crippen molar-refractivity contribution in [2.75, 3.05) is 27.4 Å². The standard InChI is InChI=1S/2C25H30FNO4/c2*1-30-20-8-9-23(26)22(13-20)18-4-2-16(3-5-18)15-31-24-12-19(10-11-27-24)21(14-25(28)29)17-6-7-17/h2*8-13,16-18,21H,2-7,14-15H2,1H3,(H,28,29)/t2*16?,18?,21-/m10/s1. The van der Waals surface area contributed by atoms with Crippen LogP contribution >= 0.6 is 0 Å². The van der Waals surface area contributed by atoms with E-state index in [4.69, 9.17) is 18.9 Å². The third kappa shape index (κ3) is 12.4. The topological polar surface area (TPSA) is 137 Å². The van der Waals surface area contributed by atoms with Gasteiger partial charge in [0.2, 0.25) is 11.8 Å². The third-order valence-corrected chi connectivity index (χ3v) is 13.5. The second kappa shape index (κ2) is 21.2. The van der Waals surface area contributed by atoms with E-state index in [0.717, 1.165) is 99.3 Å². The Bertz CT molecular complexity index is 1960. The smallest absolute Gasteiger partial charge is 0.303 e. The van der Waals surface area contributed by atoms with Crippen LogP contribution in [0.15, 0.2) is 73.1 Å². The van der Waals surface area contributed by atoms with Crippen molar-refractivity contribution in [3.8, 4) is 23.3 Å². The number of hydrogen-bond acceptors (Lipinski definition) is 8. The zero-order valence-corrected chi connectivity index (χ0v) is 35.9. The number of halogens is 2. The van der Waals surface area contributed by atoms with Crippen LogP contribution in [0.4, 0.5) is 8.78 Å². The zero-order chi connectivity index (χ0) is 43.6. The molecule has 62 heavy (non-hydrogen) atoms. The quantitative estimate of drug-likeness (QED) is 0.0995. The van der Waals surface area contributed by atoms with Gasteiger partial charge in [0.15, 0.2) is 0 Å². The number of carbonyl (C=O) groups is 2. The molecule has 0 aliphatic heterocycles. The molecule has 8 rings (SSSR count). The highest BCUT2D eigenvalue weighted by Gasteiger charge is 2.35. The lowest BCUT2D eigenvalue weighted by atomic mass is 9.79. The number of hydrogen-bond donors (Lipinski definition) is 2. The largest absolute Gasteiger partial charge is 0.497 e. The predicted molar refractivity (Wildman–Crippen MR) is 230 cm³/mol. The summed E-state index contributed by atoms with van der Waals surface area (Å²) in [7, 11) is 3.20. The molecule has 2 aromatic heterocycles. The van der Waals surface area contributed by atoms with Gasteiger partial charge < -0.3 is 29.2 Å². The van der Waals surface area contributed by atoms with Gasteiger partial charge >= 0.3 is 11.9 Å². The number of methoxy groups -OCH3 is 2. The lowest BCUT2D eigenvalue weighted by Gasteiger charge is -2.29. The Morgan fingerprint density at radius 1 is 0.581 bits per heavy atom. The summed E-state index contributed by atoms with van der Waals surface area (Å²) in [6, 6.07) is 17.6. The fourth-order valence-electron chi connectivity index (χ4n) is 9.57. The molecule has 4 saturated carbocycles. The molecule has 10 nitrogen and oxygen atoms in total. The van der Waals surface area contributed by atoms with E-state index < -0.39 is 11.9 Å². The molecule has 4 aromatic rings. The molecular weight excluding hydrogens is 795 g/mol. The highest BCUT2D eigenvalue weighted by molar-refractivity contribution is 5.68. The number of ether oxygens (including phenoxy) is 4. The molecule has 0 spiro atoms. The van der Waals surface area contributed by atoms with Crippen molar-refractivity contribution in [3.63, 3.8) is 0 Å². The van der Waals surface area contributed by atoms with Crippen LogP contribution in [0.5, 0.6) is 23.3 Å². The Hall–Kier alpha value is -5.26. The maximum absolute atomic E-state index is 14.3. The number of aromatic nitrogens is 2. The lowest BCUT2D eigenvalue weighted by Crippen LogP contribution is -2.20. The fourth-order valence-corrected chi connectivity index (χ4v) is 9.57. The molecule has 0 amide bonds. The number of carboxylic acid groups (broad SMARTS) is 2. The number of nitrogens with zero attached hydrogens (tertiary/aromatic N) is 2. The minimum atomic E-state index is -0.764. The molecule has 332 valence electrons. The monoisotopic (exact) mass is 854 g/mol. The summed E-state index contributed by atoms with van der Waals surface area (Å²) in [4.78, 5) is 31.1. The minimum Gasteiger partial charge on any atom is -0.497 e. The van der Waals surface area contributed by atoms with Crippen molar-refractivity contribution >= 4 is 11.9 Å². The van der Waals surface area contributed by atoms with Crippen LogP contribution in [0.1, 0.15) is 136 Å². The molecular formula is C50H60F2N2O8. The maximum Gasteiger partial charge on any atom is 0.303 e. The van der Waals surface area contributed by atoms with Crippen molar-refractivity contribution < 1.29 is 47.5 Å². The van der Waals surface area contributed by atoms with E-state index in [1.165, 1.54) is 12.1 Å². The summed E-state index contributed by atoms with van der Waals surface area (Å²) in [6.45, 7) is 1.16. The third-order valence-electron chi connectivity index (χ3n) is 13.5. The number of pyridine rings is 2. The first-order valence-electron chi connectivity index (χ1n) is 22.3. The summed E-state index contributed by atoms with van der Waals surface area (Å²) in [5, 5.41) is 18.5. The van der Waals surface area contributed by atoms with Gasteiger partial charge in [0.25, 0.3) is 0 Å². The highest BCUT2D eigenvalue weighted by Crippen LogP contribution is 2.46. The van der Waals surface area contributed by atoms with Crippen molar-refractivity contribution in [3.05, 3.63) is 107 Å². The molecule has 0 unspecified atom stereocenters. The molecule has 4 fully saturated rings. The van der Waals surface area contributed by atoms with Gasteiger partial charge in [-0.1, -0.05) is 0 Å². The van der Waals surface area contributed by atoms with Gasteiger partial charge in [-0.05, 0) is 195 Å². The zero-order valence-electron chi connectivity index (χ0n) is 35.9. The molecule has 0 bridgehead atoms. The Morgan fingerprint density at radius 3 is 1.31 bits per heavy atom.